The molecule has 0 aliphatic carbocycles. The Morgan fingerprint density at radius 1 is 1.25 bits per heavy atom. The van der Waals surface area contributed by atoms with Crippen LogP contribution >= 0.6 is 11.6 Å². The zero-order valence-electron chi connectivity index (χ0n) is 14.8. The van der Waals surface area contributed by atoms with Crippen molar-refractivity contribution in [1.29, 1.82) is 0 Å². The number of hydrogen-bond donors (Lipinski definition) is 0. The number of anilines is 1. The summed E-state index contributed by atoms with van der Waals surface area (Å²) in [7, 11) is 0. The molecule has 0 bridgehead atoms. The van der Waals surface area contributed by atoms with Crippen molar-refractivity contribution in [2.24, 2.45) is 0 Å². The van der Waals surface area contributed by atoms with Crippen molar-refractivity contribution >= 4 is 23.2 Å². The van der Waals surface area contributed by atoms with Crippen LogP contribution in [0.15, 0.2) is 42.6 Å². The number of halogens is 3. The number of carbonyl (C=O) groups is 1. The number of carbonyl (C=O) groups excluding carboxylic acids is 1. The van der Waals surface area contributed by atoms with Gasteiger partial charge in [-0.1, -0.05) is 17.7 Å². The number of aromatic nitrogens is 3. The highest BCUT2D eigenvalue weighted by Gasteiger charge is 2.34. The first-order valence-electron chi connectivity index (χ1n) is 8.52. The van der Waals surface area contributed by atoms with E-state index in [1.807, 2.05) is 6.92 Å². The lowest BCUT2D eigenvalue weighted by Crippen LogP contribution is -2.43. The second-order valence-electron chi connectivity index (χ2n) is 6.40. The van der Waals surface area contributed by atoms with Crippen LogP contribution in [-0.2, 0) is 6.61 Å². The number of ether oxygens (including phenoxy) is 1. The maximum absolute atomic E-state index is 14.2. The van der Waals surface area contributed by atoms with Crippen LogP contribution in [0.2, 0.25) is 5.02 Å². The third-order valence-electron chi connectivity index (χ3n) is 4.39. The Morgan fingerprint density at radius 3 is 2.68 bits per heavy atom. The number of rotatable bonds is 4. The molecule has 4 rings (SSSR count). The van der Waals surface area contributed by atoms with Crippen LogP contribution in [0.25, 0.3) is 0 Å². The smallest absolute Gasteiger partial charge is 0.276 e. The number of nitrogens with zero attached hydrogens (tertiary/aromatic N) is 4. The van der Waals surface area contributed by atoms with Crippen molar-refractivity contribution in [2.45, 2.75) is 19.6 Å². The van der Waals surface area contributed by atoms with Crippen LogP contribution in [0.4, 0.5) is 14.5 Å². The van der Waals surface area contributed by atoms with E-state index in [1.165, 1.54) is 12.3 Å². The van der Waals surface area contributed by atoms with Gasteiger partial charge in [-0.25, -0.2) is 13.8 Å². The van der Waals surface area contributed by atoms with Crippen molar-refractivity contribution < 1.29 is 18.3 Å². The fourth-order valence-corrected chi connectivity index (χ4v) is 3.22. The topological polar surface area (TPSA) is 60.3 Å². The highest BCUT2D eigenvalue weighted by Crippen LogP contribution is 2.30. The molecule has 1 amide bonds. The van der Waals surface area contributed by atoms with Gasteiger partial charge in [0.25, 0.3) is 5.91 Å². The van der Waals surface area contributed by atoms with Crippen LogP contribution in [0.5, 0.6) is 5.88 Å². The predicted molar refractivity (Wildman–Crippen MR) is 98.6 cm³/mol. The lowest BCUT2D eigenvalue weighted by molar-refractivity contribution is 0.0951. The quantitative estimate of drug-likeness (QED) is 0.659. The molecule has 0 spiro atoms. The molecule has 1 aromatic carbocycles. The van der Waals surface area contributed by atoms with Crippen molar-refractivity contribution in [3.05, 3.63) is 70.6 Å². The molecule has 9 heteroatoms. The molecular formula is C19H15ClF2N4O2. The third-order valence-corrected chi connectivity index (χ3v) is 4.61. The van der Waals surface area contributed by atoms with Crippen LogP contribution in [0.3, 0.4) is 0 Å². The summed E-state index contributed by atoms with van der Waals surface area (Å²) in [5.74, 6) is -1.73. The van der Waals surface area contributed by atoms with Gasteiger partial charge in [0.1, 0.15) is 35.3 Å². The summed E-state index contributed by atoms with van der Waals surface area (Å²) in [4.78, 5) is 18.0. The number of pyridine rings is 1. The molecule has 3 heterocycles. The van der Waals surface area contributed by atoms with Gasteiger partial charge >= 0.3 is 0 Å². The summed E-state index contributed by atoms with van der Waals surface area (Å²) >= 11 is 5.79. The molecule has 0 fully saturated rings. The standard InChI is InChI=1S/C19H15ClF2N4O2/c1-11-9-25(18-14(21)3-2-4-15(18)22)19(27)16-7-13(24-26(11)16)10-28-17-6-5-12(20)8-23-17/h2-8,11H,9-10H2,1H3/t11-/m1/s1. The molecule has 0 N–H and O–H groups in total. The van der Waals surface area contributed by atoms with Crippen molar-refractivity contribution in [2.75, 3.05) is 11.4 Å². The van der Waals surface area contributed by atoms with E-state index in [0.29, 0.717) is 16.6 Å². The van der Waals surface area contributed by atoms with E-state index in [9.17, 15) is 13.6 Å². The second kappa shape index (κ2) is 7.20. The Balaban J connectivity index is 1.59. The first-order chi connectivity index (χ1) is 13.4. The molecule has 0 radical (unpaired) electrons. The summed E-state index contributed by atoms with van der Waals surface area (Å²) < 4.78 is 35.4. The average Bonchev–Trinajstić information content (AvgIpc) is 3.10. The molecule has 0 saturated carbocycles. The number of hydrogen-bond acceptors (Lipinski definition) is 4. The highest BCUT2D eigenvalue weighted by molar-refractivity contribution is 6.30. The van der Waals surface area contributed by atoms with E-state index in [0.717, 1.165) is 17.0 Å². The molecule has 0 saturated heterocycles. The summed E-state index contributed by atoms with van der Waals surface area (Å²) in [6, 6.07) is 8.06. The van der Waals surface area contributed by atoms with E-state index in [2.05, 4.69) is 10.1 Å². The fourth-order valence-electron chi connectivity index (χ4n) is 3.11. The van der Waals surface area contributed by atoms with Crippen LogP contribution in [-0.4, -0.2) is 27.2 Å². The molecule has 0 unspecified atom stereocenters. The van der Waals surface area contributed by atoms with E-state index in [1.54, 1.807) is 22.9 Å². The molecular weight excluding hydrogens is 390 g/mol. The molecule has 3 aromatic rings. The Hall–Kier alpha value is -3.00. The number of benzene rings is 1. The number of para-hydroxylation sites is 1. The first kappa shape index (κ1) is 18.4. The highest BCUT2D eigenvalue weighted by atomic mass is 35.5. The van der Waals surface area contributed by atoms with Gasteiger partial charge < -0.3 is 4.74 Å². The molecule has 2 aromatic heterocycles. The molecule has 144 valence electrons. The van der Waals surface area contributed by atoms with Gasteiger partial charge in [-0.3, -0.25) is 14.4 Å². The Bertz CT molecular complexity index is 1020. The van der Waals surface area contributed by atoms with E-state index >= 15 is 0 Å². The van der Waals surface area contributed by atoms with Gasteiger partial charge in [0.15, 0.2) is 0 Å². The second-order valence-corrected chi connectivity index (χ2v) is 6.84. The van der Waals surface area contributed by atoms with Gasteiger partial charge in [-0.15, -0.1) is 0 Å². The van der Waals surface area contributed by atoms with Crippen LogP contribution in [0.1, 0.15) is 29.1 Å². The average molecular weight is 405 g/mol. The van der Waals surface area contributed by atoms with Crippen molar-refractivity contribution in [1.82, 2.24) is 14.8 Å². The maximum Gasteiger partial charge on any atom is 0.276 e. The normalized spacial score (nSPS) is 16.2. The zero-order chi connectivity index (χ0) is 19.8. The van der Waals surface area contributed by atoms with Gasteiger partial charge in [0, 0.05) is 18.8 Å². The lowest BCUT2D eigenvalue weighted by Gasteiger charge is -2.32. The summed E-state index contributed by atoms with van der Waals surface area (Å²) in [6.07, 6.45) is 1.46. The largest absolute Gasteiger partial charge is 0.471 e. The molecule has 28 heavy (non-hydrogen) atoms. The number of amides is 1. The minimum absolute atomic E-state index is 0.0860. The molecule has 1 aliphatic heterocycles. The summed E-state index contributed by atoms with van der Waals surface area (Å²) in [5, 5.41) is 4.88. The third kappa shape index (κ3) is 3.31. The maximum atomic E-state index is 14.2. The Kier molecular flexibility index (Phi) is 4.72. The van der Waals surface area contributed by atoms with Crippen LogP contribution < -0.4 is 9.64 Å². The lowest BCUT2D eigenvalue weighted by atomic mass is 10.1. The Labute approximate surface area is 164 Å². The van der Waals surface area contributed by atoms with Crippen molar-refractivity contribution in [3.63, 3.8) is 0 Å². The Morgan fingerprint density at radius 2 is 2.00 bits per heavy atom. The van der Waals surface area contributed by atoms with Crippen LogP contribution in [0, 0.1) is 11.6 Å². The molecule has 1 aliphatic rings. The summed E-state index contributed by atoms with van der Waals surface area (Å²) in [5.41, 5.74) is 0.391. The predicted octanol–water partition coefficient (Wildman–Crippen LogP) is 4.01. The molecule has 1 atom stereocenters. The molecule has 6 nitrogen and oxygen atoms in total. The van der Waals surface area contributed by atoms with E-state index in [-0.39, 0.29) is 30.6 Å². The first-order valence-corrected chi connectivity index (χ1v) is 8.90. The fraction of sp³-hybridized carbons (Fsp3) is 0.211. The van der Waals surface area contributed by atoms with E-state index < -0.39 is 17.5 Å². The zero-order valence-corrected chi connectivity index (χ0v) is 15.5. The van der Waals surface area contributed by atoms with Gasteiger partial charge in [-0.05, 0) is 31.2 Å². The summed E-state index contributed by atoms with van der Waals surface area (Å²) in [6.45, 7) is 2.01. The monoisotopic (exact) mass is 404 g/mol. The van der Waals surface area contributed by atoms with Gasteiger partial charge in [0.2, 0.25) is 5.88 Å². The van der Waals surface area contributed by atoms with Gasteiger partial charge in [-0.2, -0.15) is 5.10 Å². The van der Waals surface area contributed by atoms with Crippen molar-refractivity contribution in [3.8, 4) is 5.88 Å². The minimum Gasteiger partial charge on any atom is -0.471 e. The number of fused-ring (bicyclic) bond motifs is 1. The minimum atomic E-state index is -0.786. The van der Waals surface area contributed by atoms with Gasteiger partial charge in [0.05, 0.1) is 11.1 Å². The SMILES string of the molecule is C[C@@H]1CN(c2c(F)cccc2F)C(=O)c2cc(COc3ccc(Cl)cn3)nn21. The van der Waals surface area contributed by atoms with E-state index in [4.69, 9.17) is 16.3 Å².